The summed E-state index contributed by atoms with van der Waals surface area (Å²) < 4.78 is 5.97. The smallest absolute Gasteiger partial charge is 0.191 e. The van der Waals surface area contributed by atoms with Gasteiger partial charge in [0.15, 0.2) is 5.96 Å². The molecule has 1 atom stereocenters. The van der Waals surface area contributed by atoms with E-state index in [0.717, 1.165) is 45.2 Å². The van der Waals surface area contributed by atoms with Gasteiger partial charge in [0.1, 0.15) is 0 Å². The van der Waals surface area contributed by atoms with Crippen molar-refractivity contribution in [3.63, 3.8) is 0 Å². The van der Waals surface area contributed by atoms with Gasteiger partial charge in [-0.25, -0.2) is 0 Å². The van der Waals surface area contributed by atoms with Crippen molar-refractivity contribution in [2.45, 2.75) is 45.0 Å². The van der Waals surface area contributed by atoms with Gasteiger partial charge in [0.2, 0.25) is 0 Å². The van der Waals surface area contributed by atoms with E-state index < -0.39 is 0 Å². The Kier molecular flexibility index (Phi) is 11.8. The maximum Gasteiger partial charge on any atom is 0.191 e. The Morgan fingerprint density at radius 1 is 1.27 bits per heavy atom. The van der Waals surface area contributed by atoms with Crippen LogP contribution in [0.15, 0.2) is 4.99 Å². The summed E-state index contributed by atoms with van der Waals surface area (Å²) >= 11 is 1.84. The first kappa shape index (κ1) is 21.5. The molecule has 0 spiro atoms. The molecule has 0 aliphatic heterocycles. The van der Waals surface area contributed by atoms with E-state index in [2.05, 4.69) is 56.7 Å². The molecule has 0 saturated heterocycles. The van der Waals surface area contributed by atoms with Gasteiger partial charge in [0.25, 0.3) is 0 Å². The summed E-state index contributed by atoms with van der Waals surface area (Å²) in [4.78, 5) is 6.88. The summed E-state index contributed by atoms with van der Waals surface area (Å²) in [5, 5.41) is 6.72. The van der Waals surface area contributed by atoms with Gasteiger partial charge < -0.3 is 20.3 Å². The van der Waals surface area contributed by atoms with Crippen LogP contribution >= 0.6 is 11.8 Å². The zero-order valence-corrected chi connectivity index (χ0v) is 16.3. The van der Waals surface area contributed by atoms with Crippen molar-refractivity contribution in [3.05, 3.63) is 0 Å². The average molecular weight is 333 g/mol. The molecule has 132 valence electrons. The monoisotopic (exact) mass is 332 g/mol. The molecule has 22 heavy (non-hydrogen) atoms. The van der Waals surface area contributed by atoms with E-state index in [4.69, 9.17) is 9.73 Å². The quantitative estimate of drug-likeness (QED) is 0.448. The molecule has 0 bridgehead atoms. The summed E-state index contributed by atoms with van der Waals surface area (Å²) in [6.07, 6.45) is 3.36. The highest BCUT2D eigenvalue weighted by Gasteiger charge is 2.16. The second-order valence-corrected chi connectivity index (χ2v) is 7.72. The van der Waals surface area contributed by atoms with Crippen molar-refractivity contribution in [2.24, 2.45) is 4.99 Å². The topological polar surface area (TPSA) is 48.9 Å². The van der Waals surface area contributed by atoms with Crippen molar-refractivity contribution < 1.29 is 4.74 Å². The van der Waals surface area contributed by atoms with E-state index >= 15 is 0 Å². The van der Waals surface area contributed by atoms with E-state index in [1.807, 2.05) is 18.7 Å². The fraction of sp³-hybridized carbons (Fsp3) is 0.938. The minimum Gasteiger partial charge on any atom is -0.377 e. The highest BCUT2D eigenvalue weighted by Crippen LogP contribution is 2.20. The maximum absolute atomic E-state index is 5.81. The van der Waals surface area contributed by atoms with E-state index in [1.54, 1.807) is 0 Å². The lowest BCUT2D eigenvalue weighted by Gasteiger charge is -2.23. The van der Waals surface area contributed by atoms with Crippen molar-refractivity contribution >= 4 is 17.7 Å². The molecule has 2 N–H and O–H groups in total. The second kappa shape index (κ2) is 12.0. The average Bonchev–Trinajstić information content (AvgIpc) is 2.47. The molecule has 0 saturated carbocycles. The van der Waals surface area contributed by atoms with Gasteiger partial charge in [-0.1, -0.05) is 0 Å². The largest absolute Gasteiger partial charge is 0.377 e. The van der Waals surface area contributed by atoms with E-state index in [0.29, 0.717) is 0 Å². The Hall–Kier alpha value is -0.460. The number of hydrogen-bond acceptors (Lipinski definition) is 4. The fourth-order valence-corrected chi connectivity index (χ4v) is 1.96. The summed E-state index contributed by atoms with van der Waals surface area (Å²) in [6.45, 7) is 12.8. The van der Waals surface area contributed by atoms with Crippen molar-refractivity contribution in [3.8, 4) is 0 Å². The lowest BCUT2D eigenvalue weighted by atomic mass is 10.2. The number of thioether (sulfide) groups is 1. The lowest BCUT2D eigenvalue weighted by Crippen LogP contribution is -2.43. The van der Waals surface area contributed by atoms with Gasteiger partial charge in [-0.15, -0.1) is 0 Å². The number of nitrogens with zero attached hydrogens (tertiary/aromatic N) is 2. The first-order valence-corrected chi connectivity index (χ1v) is 9.40. The summed E-state index contributed by atoms with van der Waals surface area (Å²) in [6, 6.07) is 0. The molecule has 0 aliphatic carbocycles. The SMILES string of the molecule is CCNC(=NCC(C)(C)SC)NCC(CCN(C)C)OCC. The van der Waals surface area contributed by atoms with Crippen molar-refractivity contribution in [1.29, 1.82) is 0 Å². The summed E-state index contributed by atoms with van der Waals surface area (Å²) in [7, 11) is 4.18. The normalized spacial score (nSPS) is 14.3. The van der Waals surface area contributed by atoms with Crippen LogP contribution in [0.2, 0.25) is 0 Å². The maximum atomic E-state index is 5.81. The highest BCUT2D eigenvalue weighted by molar-refractivity contribution is 7.99. The standard InChI is InChI=1S/C16H36N4OS/c1-8-17-15(19-13-16(3,4)22-7)18-12-14(21-9-2)10-11-20(5)6/h14H,8-13H2,1-7H3,(H2,17,18,19). The molecule has 0 amide bonds. The minimum atomic E-state index is 0.159. The number of rotatable bonds is 11. The summed E-state index contributed by atoms with van der Waals surface area (Å²) in [5.41, 5.74) is 0. The number of nitrogens with one attached hydrogen (secondary N) is 2. The molecular formula is C16H36N4OS. The van der Waals surface area contributed by atoms with E-state index in [9.17, 15) is 0 Å². The highest BCUT2D eigenvalue weighted by atomic mass is 32.2. The molecule has 0 aromatic carbocycles. The molecule has 0 aliphatic rings. The van der Waals surface area contributed by atoms with Crippen LogP contribution in [-0.4, -0.2) is 74.8 Å². The molecule has 0 radical (unpaired) electrons. The lowest BCUT2D eigenvalue weighted by molar-refractivity contribution is 0.0548. The Labute approximate surface area is 141 Å². The first-order valence-electron chi connectivity index (χ1n) is 8.18. The third kappa shape index (κ3) is 11.2. The van der Waals surface area contributed by atoms with Crippen molar-refractivity contribution in [1.82, 2.24) is 15.5 Å². The van der Waals surface area contributed by atoms with Gasteiger partial charge in [-0.3, -0.25) is 4.99 Å². The van der Waals surface area contributed by atoms with Crippen LogP contribution in [0.5, 0.6) is 0 Å². The van der Waals surface area contributed by atoms with Crippen LogP contribution in [0.25, 0.3) is 0 Å². The van der Waals surface area contributed by atoms with Crippen LogP contribution in [0, 0.1) is 0 Å². The van der Waals surface area contributed by atoms with E-state index in [1.165, 1.54) is 0 Å². The molecule has 1 unspecified atom stereocenters. The molecular weight excluding hydrogens is 296 g/mol. The predicted octanol–water partition coefficient (Wildman–Crippen LogP) is 2.04. The van der Waals surface area contributed by atoms with E-state index in [-0.39, 0.29) is 10.9 Å². The Morgan fingerprint density at radius 2 is 1.95 bits per heavy atom. The number of hydrogen-bond donors (Lipinski definition) is 2. The third-order valence-electron chi connectivity index (χ3n) is 3.31. The van der Waals surface area contributed by atoms with Crippen molar-refractivity contribution in [2.75, 3.05) is 53.1 Å². The molecule has 0 heterocycles. The number of guanidine groups is 1. The van der Waals surface area contributed by atoms with Crippen LogP contribution in [0.4, 0.5) is 0 Å². The predicted molar refractivity (Wildman–Crippen MR) is 100 cm³/mol. The zero-order chi connectivity index (χ0) is 17.0. The fourth-order valence-electron chi connectivity index (χ4n) is 1.77. The van der Waals surface area contributed by atoms with Crippen LogP contribution < -0.4 is 10.6 Å². The van der Waals surface area contributed by atoms with Gasteiger partial charge in [-0.05, 0) is 54.5 Å². The number of aliphatic imine (C=N–C) groups is 1. The Bertz CT molecular complexity index is 309. The molecule has 0 rings (SSSR count). The second-order valence-electron chi connectivity index (χ2n) is 6.21. The number of ether oxygens (including phenoxy) is 1. The first-order chi connectivity index (χ1) is 10.3. The van der Waals surface area contributed by atoms with Gasteiger partial charge in [0.05, 0.1) is 12.6 Å². The van der Waals surface area contributed by atoms with Crippen LogP contribution in [-0.2, 0) is 4.74 Å². The van der Waals surface area contributed by atoms with Gasteiger partial charge in [0, 0.05) is 31.0 Å². The zero-order valence-electron chi connectivity index (χ0n) is 15.5. The Morgan fingerprint density at radius 3 is 2.45 bits per heavy atom. The minimum absolute atomic E-state index is 0.159. The molecule has 0 aromatic rings. The summed E-state index contributed by atoms with van der Waals surface area (Å²) in [5.74, 6) is 0.874. The molecule has 0 aromatic heterocycles. The Balaban J connectivity index is 4.48. The third-order valence-corrected chi connectivity index (χ3v) is 4.55. The van der Waals surface area contributed by atoms with Crippen LogP contribution in [0.3, 0.4) is 0 Å². The molecule has 5 nitrogen and oxygen atoms in total. The van der Waals surface area contributed by atoms with Crippen LogP contribution in [0.1, 0.15) is 34.1 Å². The molecule has 6 heteroatoms. The molecule has 0 fully saturated rings. The van der Waals surface area contributed by atoms with Gasteiger partial charge >= 0.3 is 0 Å². The van der Waals surface area contributed by atoms with Gasteiger partial charge in [-0.2, -0.15) is 11.8 Å².